The van der Waals surface area contributed by atoms with Gasteiger partial charge in [-0.15, -0.1) is 0 Å². The van der Waals surface area contributed by atoms with E-state index in [-0.39, 0.29) is 0 Å². The lowest BCUT2D eigenvalue weighted by atomic mass is 9.94. The van der Waals surface area contributed by atoms with E-state index in [0.717, 1.165) is 25.7 Å². The summed E-state index contributed by atoms with van der Waals surface area (Å²) >= 11 is 0. The minimum absolute atomic E-state index is 0.545. The maximum absolute atomic E-state index is 11.5. The number of unbranched alkanes of at least 4 members (excludes halogenated alkanes) is 2. The molecule has 0 heterocycles. The molecule has 0 aliphatic heterocycles. The molecular weight excluding hydrogens is 375 g/mol. The second-order valence-corrected chi connectivity index (χ2v) is 8.07. The number of rotatable bonds is 16. The van der Waals surface area contributed by atoms with E-state index in [2.05, 4.69) is 13.8 Å². The fourth-order valence-electron chi connectivity index (χ4n) is 2.45. The predicted molar refractivity (Wildman–Crippen MR) is 103 cm³/mol. The quantitative estimate of drug-likeness (QED) is 0.222. The number of ether oxygens (including phenoxy) is 4. The van der Waals surface area contributed by atoms with Crippen molar-refractivity contribution < 1.29 is 37.8 Å². The first kappa shape index (κ1) is 27.0. The van der Waals surface area contributed by atoms with Gasteiger partial charge >= 0.3 is 7.82 Å². The first-order valence-corrected chi connectivity index (χ1v) is 11.3. The molecule has 0 bridgehead atoms. The van der Waals surface area contributed by atoms with Crippen LogP contribution in [0.1, 0.15) is 74.1 Å². The molecule has 0 saturated carbocycles. The lowest BCUT2D eigenvalue weighted by Crippen LogP contribution is -2.52. The fraction of sp³-hybridized carbons (Fsp3) is 1.00. The Bertz CT molecular complexity index is 404. The van der Waals surface area contributed by atoms with Crippen molar-refractivity contribution in [3.63, 3.8) is 0 Å². The number of hydrogen-bond acceptors (Lipinski definition) is 6. The highest BCUT2D eigenvalue weighted by Crippen LogP contribution is 2.45. The van der Waals surface area contributed by atoms with Gasteiger partial charge in [-0.25, -0.2) is 4.57 Å². The molecule has 0 radical (unpaired) electrons. The minimum Gasteiger partial charge on any atom is -0.353 e. The van der Waals surface area contributed by atoms with E-state index in [1.807, 2.05) is 0 Å². The third-order valence-corrected chi connectivity index (χ3v) is 5.05. The fourth-order valence-corrected chi connectivity index (χ4v) is 3.26. The van der Waals surface area contributed by atoms with Gasteiger partial charge in [0.1, 0.15) is 5.60 Å². The molecule has 8 nitrogen and oxygen atoms in total. The van der Waals surface area contributed by atoms with Gasteiger partial charge in [0, 0.05) is 13.2 Å². The molecule has 0 aliphatic rings. The van der Waals surface area contributed by atoms with E-state index < -0.39 is 38.2 Å². The molecule has 4 unspecified atom stereocenters. The molecule has 0 spiro atoms. The summed E-state index contributed by atoms with van der Waals surface area (Å²) < 4.78 is 39.4. The first-order chi connectivity index (χ1) is 12.5. The standard InChI is InChI=1S/C18H39O8P/c1-8-10-12-22-16(5)24-14(3)18(7,26-27(19,20)21)15(4)25-17(6)23-13-11-9-2/h14-17H,8-13H2,1-7H3,(H2,19,20,21). The second kappa shape index (κ2) is 13.2. The van der Waals surface area contributed by atoms with E-state index in [9.17, 15) is 14.4 Å². The molecule has 0 aromatic heterocycles. The Kier molecular flexibility index (Phi) is 13.2. The van der Waals surface area contributed by atoms with E-state index in [1.54, 1.807) is 34.6 Å². The summed E-state index contributed by atoms with van der Waals surface area (Å²) in [6.45, 7) is 13.6. The van der Waals surface area contributed by atoms with Crippen LogP contribution in [0.3, 0.4) is 0 Å². The summed E-state index contributed by atoms with van der Waals surface area (Å²) in [4.78, 5) is 18.8. The van der Waals surface area contributed by atoms with Crippen molar-refractivity contribution in [2.24, 2.45) is 0 Å². The Morgan fingerprint density at radius 2 is 1.22 bits per heavy atom. The molecule has 0 aromatic carbocycles. The zero-order valence-corrected chi connectivity index (χ0v) is 18.7. The molecule has 0 amide bonds. The van der Waals surface area contributed by atoms with Crippen molar-refractivity contribution >= 4 is 7.82 Å². The summed E-state index contributed by atoms with van der Waals surface area (Å²) in [5.41, 5.74) is -1.41. The van der Waals surface area contributed by atoms with Crippen LogP contribution in [0.2, 0.25) is 0 Å². The van der Waals surface area contributed by atoms with Crippen molar-refractivity contribution in [3.05, 3.63) is 0 Å². The van der Waals surface area contributed by atoms with Crippen LogP contribution in [0.5, 0.6) is 0 Å². The van der Waals surface area contributed by atoms with E-state index in [4.69, 9.17) is 23.5 Å². The molecule has 0 rings (SSSR count). The van der Waals surface area contributed by atoms with Gasteiger partial charge in [-0.2, -0.15) is 0 Å². The molecule has 9 heteroatoms. The van der Waals surface area contributed by atoms with E-state index in [0.29, 0.717) is 13.2 Å². The van der Waals surface area contributed by atoms with Crippen LogP contribution in [-0.2, 0) is 28.0 Å². The maximum atomic E-state index is 11.5. The highest BCUT2D eigenvalue weighted by atomic mass is 31.2. The monoisotopic (exact) mass is 414 g/mol. The summed E-state index contributed by atoms with van der Waals surface area (Å²) in [6, 6.07) is 0. The molecular formula is C18H39O8P. The van der Waals surface area contributed by atoms with Gasteiger partial charge in [-0.1, -0.05) is 26.7 Å². The van der Waals surface area contributed by atoms with Crippen LogP contribution in [0, 0.1) is 0 Å². The van der Waals surface area contributed by atoms with Gasteiger partial charge < -0.3 is 28.7 Å². The zero-order valence-electron chi connectivity index (χ0n) is 17.8. The third kappa shape index (κ3) is 11.5. The molecule has 27 heavy (non-hydrogen) atoms. The average molecular weight is 414 g/mol. The lowest BCUT2D eigenvalue weighted by molar-refractivity contribution is -0.246. The molecule has 4 atom stereocenters. The van der Waals surface area contributed by atoms with Crippen molar-refractivity contribution in [3.8, 4) is 0 Å². The molecule has 2 N–H and O–H groups in total. The van der Waals surface area contributed by atoms with Crippen LogP contribution in [0.15, 0.2) is 0 Å². The Morgan fingerprint density at radius 1 is 0.852 bits per heavy atom. The average Bonchev–Trinajstić information content (AvgIpc) is 2.53. The summed E-state index contributed by atoms with van der Waals surface area (Å²) in [5, 5.41) is 0. The Morgan fingerprint density at radius 3 is 1.52 bits per heavy atom. The van der Waals surface area contributed by atoms with Crippen LogP contribution in [-0.4, -0.2) is 53.4 Å². The lowest BCUT2D eigenvalue weighted by Gasteiger charge is -2.41. The normalized spacial score (nSPS) is 19.3. The van der Waals surface area contributed by atoms with Crippen LogP contribution in [0.4, 0.5) is 0 Å². The highest BCUT2D eigenvalue weighted by Gasteiger charge is 2.46. The Hall–Kier alpha value is -0.0500. The van der Waals surface area contributed by atoms with Crippen molar-refractivity contribution in [1.29, 1.82) is 0 Å². The summed E-state index contributed by atoms with van der Waals surface area (Å²) in [7, 11) is -4.78. The molecule has 0 saturated heterocycles. The van der Waals surface area contributed by atoms with Crippen molar-refractivity contribution in [1.82, 2.24) is 0 Å². The SMILES string of the molecule is CCCCOC(C)OC(C)C(C)(OP(=O)(O)O)C(C)OC(C)OCCCC. The topological polar surface area (TPSA) is 104 Å². The molecule has 0 aliphatic carbocycles. The summed E-state index contributed by atoms with van der Waals surface area (Å²) in [6.07, 6.45) is 1.31. The molecule has 0 aromatic rings. The maximum Gasteiger partial charge on any atom is 0.470 e. The Balaban J connectivity index is 5.02. The third-order valence-electron chi connectivity index (χ3n) is 4.42. The number of hydrogen-bond donors (Lipinski definition) is 2. The van der Waals surface area contributed by atoms with Crippen molar-refractivity contribution in [2.45, 2.75) is 105 Å². The second-order valence-electron chi connectivity index (χ2n) is 6.91. The van der Waals surface area contributed by atoms with Gasteiger partial charge in [0.2, 0.25) is 0 Å². The number of phosphoric acid groups is 1. The van der Waals surface area contributed by atoms with E-state index >= 15 is 0 Å². The molecule has 164 valence electrons. The van der Waals surface area contributed by atoms with Gasteiger partial charge in [-0.3, -0.25) is 4.52 Å². The highest BCUT2D eigenvalue weighted by molar-refractivity contribution is 7.46. The Labute approximate surface area is 164 Å². The van der Waals surface area contributed by atoms with Gasteiger partial charge in [0.25, 0.3) is 0 Å². The number of phosphoric ester groups is 1. The minimum atomic E-state index is -4.78. The predicted octanol–water partition coefficient (Wildman–Crippen LogP) is 3.99. The summed E-state index contributed by atoms with van der Waals surface area (Å²) in [5.74, 6) is 0. The molecule has 0 fully saturated rings. The van der Waals surface area contributed by atoms with Crippen LogP contribution in [0.25, 0.3) is 0 Å². The zero-order chi connectivity index (χ0) is 21.1. The van der Waals surface area contributed by atoms with E-state index in [1.165, 1.54) is 0 Å². The van der Waals surface area contributed by atoms with Crippen LogP contribution < -0.4 is 0 Å². The smallest absolute Gasteiger partial charge is 0.353 e. The first-order valence-electron chi connectivity index (χ1n) is 9.76. The van der Waals surface area contributed by atoms with Gasteiger partial charge in [-0.05, 0) is 47.5 Å². The van der Waals surface area contributed by atoms with Gasteiger partial charge in [0.15, 0.2) is 12.6 Å². The van der Waals surface area contributed by atoms with Crippen molar-refractivity contribution in [2.75, 3.05) is 13.2 Å². The van der Waals surface area contributed by atoms with Crippen LogP contribution >= 0.6 is 7.82 Å². The van der Waals surface area contributed by atoms with Gasteiger partial charge in [0.05, 0.1) is 12.2 Å². The largest absolute Gasteiger partial charge is 0.470 e.